The minimum Gasteiger partial charge on any atom is -0.256 e. The second-order valence-electron chi connectivity index (χ2n) is 8.50. The van der Waals surface area contributed by atoms with Crippen molar-refractivity contribution in [2.45, 2.75) is 41.5 Å². The molecule has 1 nitrogen and oxygen atoms in total. The summed E-state index contributed by atoms with van der Waals surface area (Å²) in [6.07, 6.45) is 2.01. The summed E-state index contributed by atoms with van der Waals surface area (Å²) < 4.78 is 0. The van der Waals surface area contributed by atoms with E-state index < -0.39 is 0 Å². The predicted octanol–water partition coefficient (Wildman–Crippen LogP) is 7.93. The molecule has 0 aliphatic rings. The first kappa shape index (κ1) is 20.1. The molecule has 1 heteroatoms. The minimum atomic E-state index is 1.02. The molecule has 0 saturated carbocycles. The van der Waals surface area contributed by atoms with Crippen LogP contribution in [0.25, 0.3) is 33.5 Å². The maximum Gasteiger partial charge on any atom is 0.0708 e. The second-order valence-corrected chi connectivity index (χ2v) is 8.50. The minimum absolute atomic E-state index is 1.02. The van der Waals surface area contributed by atoms with Crippen LogP contribution in [0.1, 0.15) is 33.4 Å². The molecule has 4 aromatic rings. The lowest BCUT2D eigenvalue weighted by Crippen LogP contribution is -1.95. The van der Waals surface area contributed by atoms with E-state index in [9.17, 15) is 0 Å². The third kappa shape index (κ3) is 3.68. The summed E-state index contributed by atoms with van der Waals surface area (Å²) >= 11 is 0. The van der Waals surface area contributed by atoms with Crippen molar-refractivity contribution in [3.8, 4) is 33.5 Å². The summed E-state index contributed by atoms with van der Waals surface area (Å²) in [5, 5.41) is 0. The maximum absolute atomic E-state index is 4.80. The highest BCUT2D eigenvalue weighted by atomic mass is 14.7. The maximum atomic E-state index is 4.80. The van der Waals surface area contributed by atoms with Crippen molar-refractivity contribution in [3.05, 3.63) is 100 Å². The molecule has 0 atom stereocenters. The summed E-state index contributed by atoms with van der Waals surface area (Å²) in [6.45, 7) is 13.1. The van der Waals surface area contributed by atoms with Crippen molar-refractivity contribution >= 4 is 0 Å². The molecule has 1 aromatic heterocycles. The van der Waals surface area contributed by atoms with Crippen LogP contribution in [0, 0.1) is 41.5 Å². The number of rotatable bonds is 3. The molecule has 0 saturated heterocycles. The van der Waals surface area contributed by atoms with Crippen LogP contribution in [0.3, 0.4) is 0 Å². The van der Waals surface area contributed by atoms with E-state index in [0.29, 0.717) is 0 Å². The van der Waals surface area contributed by atoms with Gasteiger partial charge in [-0.3, -0.25) is 4.98 Å². The van der Waals surface area contributed by atoms with Crippen LogP contribution in [0.15, 0.2) is 66.9 Å². The van der Waals surface area contributed by atoms with Gasteiger partial charge in [0.05, 0.1) is 5.69 Å². The van der Waals surface area contributed by atoms with Gasteiger partial charge in [-0.25, -0.2) is 0 Å². The zero-order valence-electron chi connectivity index (χ0n) is 18.8. The van der Waals surface area contributed by atoms with Crippen molar-refractivity contribution in [2.24, 2.45) is 0 Å². The van der Waals surface area contributed by atoms with Crippen molar-refractivity contribution in [2.75, 3.05) is 0 Å². The van der Waals surface area contributed by atoms with Gasteiger partial charge in [-0.1, -0.05) is 54.1 Å². The smallest absolute Gasteiger partial charge is 0.0708 e. The Bertz CT molecular complexity index is 1220. The van der Waals surface area contributed by atoms with E-state index >= 15 is 0 Å². The quantitative estimate of drug-likeness (QED) is 0.345. The lowest BCUT2D eigenvalue weighted by Gasteiger charge is -2.16. The molecule has 0 N–H and O–H groups in total. The number of nitrogens with zero attached hydrogens (tertiary/aromatic N) is 1. The fourth-order valence-electron chi connectivity index (χ4n) is 4.50. The zero-order chi connectivity index (χ0) is 21.4. The van der Waals surface area contributed by atoms with Crippen molar-refractivity contribution in [1.29, 1.82) is 0 Å². The molecule has 3 aromatic carbocycles. The molecule has 1 heterocycles. The van der Waals surface area contributed by atoms with Crippen LogP contribution in [0.2, 0.25) is 0 Å². The van der Waals surface area contributed by atoms with Crippen LogP contribution < -0.4 is 0 Å². The topological polar surface area (TPSA) is 12.9 Å². The van der Waals surface area contributed by atoms with Gasteiger partial charge in [0.2, 0.25) is 0 Å². The largest absolute Gasteiger partial charge is 0.256 e. The van der Waals surface area contributed by atoms with E-state index in [1.54, 1.807) is 0 Å². The molecule has 150 valence electrons. The van der Waals surface area contributed by atoms with Crippen LogP contribution in [0.4, 0.5) is 0 Å². The average molecular weight is 392 g/mol. The Morgan fingerprint density at radius 1 is 0.533 bits per heavy atom. The molecule has 0 amide bonds. The predicted molar refractivity (Wildman–Crippen MR) is 129 cm³/mol. The van der Waals surface area contributed by atoms with Gasteiger partial charge in [-0.2, -0.15) is 0 Å². The average Bonchev–Trinajstić information content (AvgIpc) is 2.70. The zero-order valence-corrected chi connectivity index (χ0v) is 18.8. The highest BCUT2D eigenvalue weighted by Gasteiger charge is 2.13. The molecule has 0 spiro atoms. The van der Waals surface area contributed by atoms with Gasteiger partial charge in [0.25, 0.3) is 0 Å². The van der Waals surface area contributed by atoms with E-state index in [1.807, 2.05) is 6.20 Å². The Morgan fingerprint density at radius 3 is 1.90 bits per heavy atom. The second kappa shape index (κ2) is 7.91. The first-order valence-corrected chi connectivity index (χ1v) is 10.6. The van der Waals surface area contributed by atoms with Gasteiger partial charge < -0.3 is 0 Å². The summed E-state index contributed by atoms with van der Waals surface area (Å²) in [4.78, 5) is 4.80. The third-order valence-electron chi connectivity index (χ3n) is 6.02. The first-order chi connectivity index (χ1) is 14.3. The molecule has 30 heavy (non-hydrogen) atoms. The van der Waals surface area contributed by atoms with E-state index in [4.69, 9.17) is 4.98 Å². The normalized spacial score (nSPS) is 11.0. The molecule has 0 radical (unpaired) electrons. The van der Waals surface area contributed by atoms with Crippen LogP contribution in [0.5, 0.6) is 0 Å². The lowest BCUT2D eigenvalue weighted by atomic mass is 9.90. The van der Waals surface area contributed by atoms with Crippen molar-refractivity contribution in [3.63, 3.8) is 0 Å². The van der Waals surface area contributed by atoms with Gasteiger partial charge in [-0.15, -0.1) is 0 Å². The monoisotopic (exact) mass is 391 g/mol. The molecule has 4 rings (SSSR count). The number of benzene rings is 3. The van der Waals surface area contributed by atoms with E-state index in [1.165, 1.54) is 55.6 Å². The summed E-state index contributed by atoms with van der Waals surface area (Å²) in [5.41, 5.74) is 15.1. The highest BCUT2D eigenvalue weighted by Crippen LogP contribution is 2.35. The van der Waals surface area contributed by atoms with Gasteiger partial charge in [0.1, 0.15) is 0 Å². The number of hydrogen-bond acceptors (Lipinski definition) is 1. The standard InChI is InChI=1S/C29H29N/c1-18-13-21(4)29(22(5)14-18)27-16-28(30-17-23(27)6)24-12-11-20(3)26(15-24)25-10-8-7-9-19(25)2/h7-17H,1-6H3. The molecular weight excluding hydrogens is 362 g/mol. The first-order valence-electron chi connectivity index (χ1n) is 10.6. The van der Waals surface area contributed by atoms with E-state index in [2.05, 4.69) is 102 Å². The van der Waals surface area contributed by atoms with Gasteiger partial charge in [0.15, 0.2) is 0 Å². The Kier molecular flexibility index (Phi) is 5.30. The van der Waals surface area contributed by atoms with Gasteiger partial charge in [0, 0.05) is 11.8 Å². The lowest BCUT2D eigenvalue weighted by molar-refractivity contribution is 1.25. The summed E-state index contributed by atoms with van der Waals surface area (Å²) in [7, 11) is 0. The van der Waals surface area contributed by atoms with E-state index in [-0.39, 0.29) is 0 Å². The van der Waals surface area contributed by atoms with Crippen LogP contribution in [-0.2, 0) is 0 Å². The molecule has 0 aliphatic carbocycles. The van der Waals surface area contributed by atoms with Crippen molar-refractivity contribution < 1.29 is 0 Å². The number of pyridine rings is 1. The number of aromatic nitrogens is 1. The van der Waals surface area contributed by atoms with Crippen molar-refractivity contribution in [1.82, 2.24) is 4.98 Å². The van der Waals surface area contributed by atoms with E-state index in [0.717, 1.165) is 11.3 Å². The van der Waals surface area contributed by atoms with Crippen LogP contribution in [-0.4, -0.2) is 4.98 Å². The molecule has 0 aliphatic heterocycles. The van der Waals surface area contributed by atoms with Gasteiger partial charge >= 0.3 is 0 Å². The Labute approximate surface area is 180 Å². The summed E-state index contributed by atoms with van der Waals surface area (Å²) in [5.74, 6) is 0. The van der Waals surface area contributed by atoms with Crippen LogP contribution >= 0.6 is 0 Å². The Hall–Kier alpha value is -3.19. The summed E-state index contributed by atoms with van der Waals surface area (Å²) in [6, 6.07) is 22.1. The molecule has 0 unspecified atom stereocenters. The molecule has 0 fully saturated rings. The third-order valence-corrected chi connectivity index (χ3v) is 6.02. The Morgan fingerprint density at radius 2 is 1.20 bits per heavy atom. The Balaban J connectivity index is 1.87. The fraction of sp³-hybridized carbons (Fsp3) is 0.207. The fourth-order valence-corrected chi connectivity index (χ4v) is 4.50. The highest BCUT2D eigenvalue weighted by molar-refractivity contribution is 5.80. The SMILES string of the molecule is Cc1cc(C)c(-c2cc(-c3ccc(C)c(-c4ccccc4C)c3)ncc2C)c(C)c1. The van der Waals surface area contributed by atoms with Gasteiger partial charge in [-0.05, 0) is 104 Å². The molecular formula is C29H29N. The molecule has 0 bridgehead atoms. The number of aryl methyl sites for hydroxylation is 6. The number of hydrogen-bond donors (Lipinski definition) is 0.